The number of carbonyl (C=O) groups excluding carboxylic acids is 1. The van der Waals surface area contributed by atoms with Gasteiger partial charge in [-0.1, -0.05) is 24.3 Å². The molecule has 5 heteroatoms. The second-order valence-electron chi connectivity index (χ2n) is 8.37. The van der Waals surface area contributed by atoms with E-state index in [9.17, 15) is 14.7 Å². The van der Waals surface area contributed by atoms with E-state index in [0.717, 1.165) is 24.8 Å². The Bertz CT molecular complexity index is 679. The first-order valence-electron chi connectivity index (χ1n) is 8.99. The highest BCUT2D eigenvalue weighted by molar-refractivity contribution is 5.70. The van der Waals surface area contributed by atoms with E-state index in [1.807, 2.05) is 39.0 Å². The van der Waals surface area contributed by atoms with Crippen LogP contribution in [0.5, 0.6) is 0 Å². The Morgan fingerprint density at radius 3 is 2.72 bits per heavy atom. The van der Waals surface area contributed by atoms with Crippen LogP contribution in [-0.2, 0) is 14.9 Å². The molecule has 5 nitrogen and oxygen atoms in total. The fourth-order valence-corrected chi connectivity index (χ4v) is 4.42. The summed E-state index contributed by atoms with van der Waals surface area (Å²) in [4.78, 5) is 25.6. The van der Waals surface area contributed by atoms with Crippen molar-refractivity contribution < 1.29 is 19.4 Å². The maximum atomic E-state index is 12.5. The molecule has 1 spiro atoms. The quantitative estimate of drug-likeness (QED) is 0.882. The molecule has 0 bridgehead atoms. The Labute approximate surface area is 149 Å². The number of nitrogens with zero attached hydrogens (tertiary/aromatic N) is 1. The molecule has 2 atom stereocenters. The van der Waals surface area contributed by atoms with Gasteiger partial charge < -0.3 is 14.7 Å². The number of carboxylic acid groups (broad SMARTS) is 1. The molecule has 25 heavy (non-hydrogen) atoms. The zero-order valence-corrected chi connectivity index (χ0v) is 15.2. The molecule has 0 aromatic heterocycles. The molecule has 1 aromatic rings. The van der Waals surface area contributed by atoms with Crippen LogP contribution in [0.25, 0.3) is 0 Å². The van der Waals surface area contributed by atoms with Gasteiger partial charge in [-0.3, -0.25) is 4.79 Å². The minimum Gasteiger partial charge on any atom is -0.481 e. The minimum atomic E-state index is -0.767. The molecular formula is C20H27NO4. The fraction of sp³-hybridized carbons (Fsp3) is 0.600. The van der Waals surface area contributed by atoms with Crippen molar-refractivity contribution in [3.05, 3.63) is 35.4 Å². The molecule has 1 heterocycles. The number of carboxylic acids is 1. The zero-order chi connectivity index (χ0) is 18.2. The van der Waals surface area contributed by atoms with E-state index in [1.165, 1.54) is 5.56 Å². The van der Waals surface area contributed by atoms with Crippen molar-refractivity contribution in [1.29, 1.82) is 0 Å². The minimum absolute atomic E-state index is 0.0206. The topological polar surface area (TPSA) is 66.8 Å². The maximum absolute atomic E-state index is 12.5. The number of piperidine rings is 1. The summed E-state index contributed by atoms with van der Waals surface area (Å²) in [5, 5.41) is 9.27. The molecule has 0 radical (unpaired) electrons. The third kappa shape index (κ3) is 3.65. The molecule has 136 valence electrons. The van der Waals surface area contributed by atoms with E-state index in [1.54, 1.807) is 4.90 Å². The smallest absolute Gasteiger partial charge is 0.410 e. The van der Waals surface area contributed by atoms with Gasteiger partial charge in [0, 0.05) is 18.5 Å². The number of hydrogen-bond acceptors (Lipinski definition) is 3. The number of benzene rings is 1. The number of fused-ring (bicyclic) bond motifs is 2. The molecule has 1 fully saturated rings. The highest BCUT2D eigenvalue weighted by Gasteiger charge is 2.47. The molecule has 1 amide bonds. The predicted octanol–water partition coefficient (Wildman–Crippen LogP) is 3.92. The lowest BCUT2D eigenvalue weighted by Gasteiger charge is -2.41. The van der Waals surface area contributed by atoms with Crippen molar-refractivity contribution in [3.8, 4) is 0 Å². The summed E-state index contributed by atoms with van der Waals surface area (Å²) in [6, 6.07) is 8.14. The Morgan fingerprint density at radius 2 is 2.04 bits per heavy atom. The van der Waals surface area contributed by atoms with Crippen LogP contribution in [0, 0.1) is 0 Å². The Hall–Kier alpha value is -2.04. The number of carbonyl (C=O) groups is 2. The van der Waals surface area contributed by atoms with E-state index >= 15 is 0 Å². The molecule has 1 saturated heterocycles. The molecule has 0 saturated carbocycles. The SMILES string of the molecule is CC(C)(C)OC(=O)N1CCC[C@@]2(C[C@@H](CC(=O)O)c3ccccc32)C1. The van der Waals surface area contributed by atoms with Crippen LogP contribution in [-0.4, -0.2) is 40.8 Å². The summed E-state index contributed by atoms with van der Waals surface area (Å²) in [5.74, 6) is -0.746. The zero-order valence-electron chi connectivity index (χ0n) is 15.2. The fourth-order valence-electron chi connectivity index (χ4n) is 4.42. The number of ether oxygens (including phenoxy) is 1. The summed E-state index contributed by atoms with van der Waals surface area (Å²) in [6.45, 7) is 6.92. The van der Waals surface area contributed by atoms with Crippen molar-refractivity contribution in [3.63, 3.8) is 0 Å². The standard InChI is InChI=1S/C20H27NO4/c1-19(2,3)25-18(24)21-10-6-9-20(13-21)12-14(11-17(22)23)15-7-4-5-8-16(15)20/h4-5,7-8,14H,6,9-13H2,1-3H3,(H,22,23)/t14-,20-/m1/s1. The summed E-state index contributed by atoms with van der Waals surface area (Å²) >= 11 is 0. The van der Waals surface area contributed by atoms with Gasteiger partial charge in [0.1, 0.15) is 5.60 Å². The van der Waals surface area contributed by atoms with E-state index < -0.39 is 11.6 Å². The average Bonchev–Trinajstić information content (AvgIpc) is 2.79. The van der Waals surface area contributed by atoms with Crippen molar-refractivity contribution >= 4 is 12.1 Å². The lowest BCUT2D eigenvalue weighted by Crippen LogP contribution is -2.49. The van der Waals surface area contributed by atoms with Crippen molar-refractivity contribution in [1.82, 2.24) is 4.90 Å². The van der Waals surface area contributed by atoms with Crippen LogP contribution in [0.1, 0.15) is 63.5 Å². The van der Waals surface area contributed by atoms with Gasteiger partial charge in [-0.15, -0.1) is 0 Å². The van der Waals surface area contributed by atoms with Gasteiger partial charge in [0.2, 0.25) is 0 Å². The summed E-state index contributed by atoms with van der Waals surface area (Å²) in [5.41, 5.74) is 1.69. The number of rotatable bonds is 2. The first kappa shape index (κ1) is 17.8. The van der Waals surface area contributed by atoms with Gasteiger partial charge in [0.25, 0.3) is 0 Å². The number of aliphatic carboxylic acids is 1. The molecule has 2 aliphatic rings. The van der Waals surface area contributed by atoms with Crippen LogP contribution < -0.4 is 0 Å². The molecule has 0 unspecified atom stereocenters. The van der Waals surface area contributed by atoms with Crippen LogP contribution in [0.15, 0.2) is 24.3 Å². The Morgan fingerprint density at radius 1 is 1.32 bits per heavy atom. The number of hydrogen-bond donors (Lipinski definition) is 1. The largest absolute Gasteiger partial charge is 0.481 e. The normalized spacial score (nSPS) is 25.7. The van der Waals surface area contributed by atoms with Crippen LogP contribution in [0.2, 0.25) is 0 Å². The van der Waals surface area contributed by atoms with Gasteiger partial charge in [-0.2, -0.15) is 0 Å². The third-order valence-corrected chi connectivity index (χ3v) is 5.26. The third-order valence-electron chi connectivity index (χ3n) is 5.26. The Balaban J connectivity index is 1.86. The van der Waals surface area contributed by atoms with E-state index in [-0.39, 0.29) is 23.8 Å². The van der Waals surface area contributed by atoms with Gasteiger partial charge in [-0.25, -0.2) is 4.79 Å². The summed E-state index contributed by atoms with van der Waals surface area (Å²) in [6.07, 6.45) is 2.56. The van der Waals surface area contributed by atoms with Crippen molar-refractivity contribution in [2.24, 2.45) is 0 Å². The lowest BCUT2D eigenvalue weighted by molar-refractivity contribution is -0.137. The van der Waals surface area contributed by atoms with Crippen molar-refractivity contribution in [2.75, 3.05) is 13.1 Å². The molecular weight excluding hydrogens is 318 g/mol. The van der Waals surface area contributed by atoms with Gasteiger partial charge in [0.15, 0.2) is 0 Å². The van der Waals surface area contributed by atoms with Crippen LogP contribution >= 0.6 is 0 Å². The van der Waals surface area contributed by atoms with Gasteiger partial charge in [0.05, 0.1) is 6.42 Å². The van der Waals surface area contributed by atoms with E-state index in [4.69, 9.17) is 4.74 Å². The van der Waals surface area contributed by atoms with Gasteiger partial charge >= 0.3 is 12.1 Å². The first-order valence-corrected chi connectivity index (χ1v) is 8.99. The molecule has 1 aromatic carbocycles. The molecule has 3 rings (SSSR count). The highest BCUT2D eigenvalue weighted by atomic mass is 16.6. The number of likely N-dealkylation sites (tertiary alicyclic amines) is 1. The first-order chi connectivity index (χ1) is 11.7. The molecule has 1 aliphatic carbocycles. The monoisotopic (exact) mass is 345 g/mol. The van der Waals surface area contributed by atoms with E-state index in [2.05, 4.69) is 6.07 Å². The highest BCUT2D eigenvalue weighted by Crippen LogP contribution is 2.51. The Kier molecular flexibility index (Phi) is 4.52. The molecule has 1 aliphatic heterocycles. The second kappa shape index (κ2) is 6.36. The second-order valence-corrected chi connectivity index (χ2v) is 8.37. The van der Waals surface area contributed by atoms with E-state index in [0.29, 0.717) is 13.1 Å². The average molecular weight is 345 g/mol. The lowest BCUT2D eigenvalue weighted by atomic mass is 9.74. The summed E-state index contributed by atoms with van der Waals surface area (Å²) in [7, 11) is 0. The summed E-state index contributed by atoms with van der Waals surface area (Å²) < 4.78 is 5.55. The van der Waals surface area contributed by atoms with Crippen LogP contribution in [0.4, 0.5) is 4.79 Å². The molecule has 1 N–H and O–H groups in total. The van der Waals surface area contributed by atoms with Crippen LogP contribution in [0.3, 0.4) is 0 Å². The van der Waals surface area contributed by atoms with Crippen molar-refractivity contribution in [2.45, 2.75) is 63.4 Å². The number of amides is 1. The maximum Gasteiger partial charge on any atom is 0.410 e. The predicted molar refractivity (Wildman–Crippen MR) is 94.8 cm³/mol. The van der Waals surface area contributed by atoms with Gasteiger partial charge in [-0.05, 0) is 57.1 Å².